The summed E-state index contributed by atoms with van der Waals surface area (Å²) in [6.07, 6.45) is 3.98. The number of hydrogen-bond donors (Lipinski definition) is 1. The number of amides is 4. The van der Waals surface area contributed by atoms with Gasteiger partial charge >= 0.3 is 6.03 Å². The van der Waals surface area contributed by atoms with E-state index in [1.807, 2.05) is 18.4 Å². The van der Waals surface area contributed by atoms with Crippen LogP contribution in [-0.4, -0.2) is 52.8 Å². The quantitative estimate of drug-likeness (QED) is 0.827. The molecule has 1 aliphatic carbocycles. The predicted octanol–water partition coefficient (Wildman–Crippen LogP) is 2.00. The van der Waals surface area contributed by atoms with E-state index >= 15 is 0 Å². The molecular weight excluding hydrogens is 326 g/mol. The highest BCUT2D eigenvalue weighted by molar-refractivity contribution is 7.07. The Morgan fingerprint density at radius 2 is 2.12 bits per heavy atom. The largest absolute Gasteiger partial charge is 0.341 e. The normalized spacial score (nSPS) is 20.5. The van der Waals surface area contributed by atoms with Crippen molar-refractivity contribution in [1.29, 1.82) is 0 Å². The van der Waals surface area contributed by atoms with E-state index in [1.165, 1.54) is 5.56 Å². The zero-order valence-corrected chi connectivity index (χ0v) is 14.9. The van der Waals surface area contributed by atoms with Gasteiger partial charge in [0.25, 0.3) is 5.91 Å². The SMILES string of the molecule is CC(Cc1ccsc1)N(C)C(=O)CN1C(=O)NC2(CCCC2)C1=O. The van der Waals surface area contributed by atoms with Crippen LogP contribution in [0, 0.1) is 0 Å². The van der Waals surface area contributed by atoms with Gasteiger partial charge in [-0.2, -0.15) is 11.3 Å². The van der Waals surface area contributed by atoms with Gasteiger partial charge in [0.05, 0.1) is 0 Å². The molecule has 1 saturated heterocycles. The number of hydrogen-bond acceptors (Lipinski definition) is 4. The minimum absolute atomic E-state index is 0.00769. The van der Waals surface area contributed by atoms with Crippen molar-refractivity contribution in [2.45, 2.75) is 50.6 Å². The molecule has 4 amide bonds. The van der Waals surface area contributed by atoms with Crippen LogP contribution in [-0.2, 0) is 16.0 Å². The highest BCUT2D eigenvalue weighted by Gasteiger charge is 2.52. The number of likely N-dealkylation sites (N-methyl/N-ethyl adjacent to an activating group) is 1. The van der Waals surface area contributed by atoms with Crippen molar-refractivity contribution in [3.8, 4) is 0 Å². The third-order valence-electron chi connectivity index (χ3n) is 5.16. The molecule has 6 nitrogen and oxygen atoms in total. The topological polar surface area (TPSA) is 69.7 Å². The molecule has 7 heteroatoms. The lowest BCUT2D eigenvalue weighted by Gasteiger charge is -2.26. The van der Waals surface area contributed by atoms with E-state index in [1.54, 1.807) is 23.3 Å². The monoisotopic (exact) mass is 349 g/mol. The third-order valence-corrected chi connectivity index (χ3v) is 5.89. The van der Waals surface area contributed by atoms with E-state index in [9.17, 15) is 14.4 Å². The molecule has 2 heterocycles. The van der Waals surface area contributed by atoms with Gasteiger partial charge in [-0.25, -0.2) is 4.79 Å². The second kappa shape index (κ2) is 6.55. The Bertz CT molecular complexity index is 638. The summed E-state index contributed by atoms with van der Waals surface area (Å²) >= 11 is 1.63. The average molecular weight is 349 g/mol. The number of carbonyl (C=O) groups is 3. The van der Waals surface area contributed by atoms with Crippen LogP contribution < -0.4 is 5.32 Å². The van der Waals surface area contributed by atoms with Gasteiger partial charge in [0.15, 0.2) is 0 Å². The van der Waals surface area contributed by atoms with Gasteiger partial charge in [-0.3, -0.25) is 14.5 Å². The first-order valence-corrected chi connectivity index (χ1v) is 9.28. The van der Waals surface area contributed by atoms with E-state index < -0.39 is 11.6 Å². The molecule has 0 aromatic carbocycles. The van der Waals surface area contributed by atoms with Crippen molar-refractivity contribution in [3.63, 3.8) is 0 Å². The molecule has 130 valence electrons. The Balaban J connectivity index is 1.61. The van der Waals surface area contributed by atoms with Crippen LogP contribution in [0.25, 0.3) is 0 Å². The van der Waals surface area contributed by atoms with Crippen molar-refractivity contribution < 1.29 is 14.4 Å². The molecule has 1 unspecified atom stereocenters. The van der Waals surface area contributed by atoms with E-state index in [2.05, 4.69) is 10.7 Å². The number of imide groups is 1. The van der Waals surface area contributed by atoms with Crippen molar-refractivity contribution >= 4 is 29.2 Å². The van der Waals surface area contributed by atoms with Crippen molar-refractivity contribution in [3.05, 3.63) is 22.4 Å². The summed E-state index contributed by atoms with van der Waals surface area (Å²) < 4.78 is 0. The maximum atomic E-state index is 12.6. The van der Waals surface area contributed by atoms with Gasteiger partial charge in [-0.1, -0.05) is 12.8 Å². The van der Waals surface area contributed by atoms with Crippen LogP contribution in [0.4, 0.5) is 4.79 Å². The average Bonchev–Trinajstić information content (AvgIpc) is 3.26. The number of rotatable bonds is 5. The molecule has 0 radical (unpaired) electrons. The van der Waals surface area contributed by atoms with Crippen LogP contribution in [0.2, 0.25) is 0 Å². The number of thiophene rings is 1. The molecule has 1 atom stereocenters. The van der Waals surface area contributed by atoms with Crippen LogP contribution in [0.3, 0.4) is 0 Å². The highest BCUT2D eigenvalue weighted by atomic mass is 32.1. The maximum Gasteiger partial charge on any atom is 0.325 e. The van der Waals surface area contributed by atoms with E-state index in [0.717, 1.165) is 24.2 Å². The lowest BCUT2D eigenvalue weighted by molar-refractivity contribution is -0.139. The lowest BCUT2D eigenvalue weighted by atomic mass is 9.98. The van der Waals surface area contributed by atoms with Gasteiger partial charge in [-0.15, -0.1) is 0 Å². The van der Waals surface area contributed by atoms with Gasteiger partial charge in [0.2, 0.25) is 5.91 Å². The third kappa shape index (κ3) is 3.05. The summed E-state index contributed by atoms with van der Waals surface area (Å²) in [6, 6.07) is 1.61. The van der Waals surface area contributed by atoms with Crippen LogP contribution in [0.15, 0.2) is 16.8 Å². The Kier molecular flexibility index (Phi) is 4.62. The van der Waals surface area contributed by atoms with Gasteiger partial charge in [0.1, 0.15) is 12.1 Å². The van der Waals surface area contributed by atoms with Crippen LogP contribution >= 0.6 is 11.3 Å². The Labute approximate surface area is 145 Å². The molecule has 1 N–H and O–H groups in total. The Hall–Kier alpha value is -1.89. The molecule has 0 bridgehead atoms. The van der Waals surface area contributed by atoms with E-state index in [-0.39, 0.29) is 24.4 Å². The first-order chi connectivity index (χ1) is 11.4. The summed E-state index contributed by atoms with van der Waals surface area (Å²) in [5.41, 5.74) is 0.435. The second-order valence-corrected chi connectivity index (χ2v) is 7.58. The number of urea groups is 1. The molecule has 1 saturated carbocycles. The standard InChI is InChI=1S/C17H23N3O3S/c1-12(9-13-5-8-24-11-13)19(2)14(21)10-20-15(22)17(18-16(20)23)6-3-4-7-17/h5,8,11-12H,3-4,6-7,9-10H2,1-2H3,(H,18,23). The molecule has 1 aromatic rings. The van der Waals surface area contributed by atoms with Crippen molar-refractivity contribution in [2.24, 2.45) is 0 Å². The highest BCUT2D eigenvalue weighted by Crippen LogP contribution is 2.34. The fourth-order valence-corrected chi connectivity index (χ4v) is 4.20. The minimum Gasteiger partial charge on any atom is -0.341 e. The number of nitrogens with one attached hydrogen (secondary N) is 1. The fourth-order valence-electron chi connectivity index (χ4n) is 3.52. The summed E-state index contributed by atoms with van der Waals surface area (Å²) in [6.45, 7) is 1.79. The van der Waals surface area contributed by atoms with Crippen molar-refractivity contribution in [2.75, 3.05) is 13.6 Å². The lowest BCUT2D eigenvalue weighted by Crippen LogP contribution is -2.47. The number of nitrogens with zero attached hydrogens (tertiary/aromatic N) is 2. The molecule has 3 rings (SSSR count). The molecule has 24 heavy (non-hydrogen) atoms. The summed E-state index contributed by atoms with van der Waals surface area (Å²) in [4.78, 5) is 40.0. The zero-order chi connectivity index (χ0) is 17.3. The molecule has 2 aliphatic rings. The molecule has 2 fully saturated rings. The smallest absolute Gasteiger partial charge is 0.325 e. The molecule has 1 aliphatic heterocycles. The molecular formula is C17H23N3O3S. The van der Waals surface area contributed by atoms with Crippen molar-refractivity contribution in [1.82, 2.24) is 15.1 Å². The zero-order valence-electron chi connectivity index (χ0n) is 14.1. The fraction of sp³-hybridized carbons (Fsp3) is 0.588. The van der Waals surface area contributed by atoms with E-state index in [4.69, 9.17) is 0 Å². The second-order valence-electron chi connectivity index (χ2n) is 6.80. The number of carbonyl (C=O) groups excluding carboxylic acids is 3. The predicted molar refractivity (Wildman–Crippen MR) is 91.7 cm³/mol. The summed E-state index contributed by atoms with van der Waals surface area (Å²) in [7, 11) is 1.73. The van der Waals surface area contributed by atoms with Crippen LogP contribution in [0.1, 0.15) is 38.2 Å². The first-order valence-electron chi connectivity index (χ1n) is 8.34. The maximum absolute atomic E-state index is 12.6. The Morgan fingerprint density at radius 3 is 2.75 bits per heavy atom. The molecule has 1 aromatic heterocycles. The van der Waals surface area contributed by atoms with Gasteiger partial charge < -0.3 is 10.2 Å². The Morgan fingerprint density at radius 1 is 1.42 bits per heavy atom. The first kappa shape index (κ1) is 17.0. The van der Waals surface area contributed by atoms with Crippen LogP contribution in [0.5, 0.6) is 0 Å². The summed E-state index contributed by atoms with van der Waals surface area (Å²) in [5, 5.41) is 6.88. The minimum atomic E-state index is -0.752. The van der Waals surface area contributed by atoms with E-state index in [0.29, 0.717) is 12.8 Å². The van der Waals surface area contributed by atoms with Gasteiger partial charge in [-0.05, 0) is 48.6 Å². The molecule has 1 spiro atoms. The van der Waals surface area contributed by atoms with Gasteiger partial charge in [0, 0.05) is 13.1 Å². The summed E-state index contributed by atoms with van der Waals surface area (Å²) in [5.74, 6) is -0.450.